The molecule has 0 radical (unpaired) electrons. The van der Waals surface area contributed by atoms with E-state index in [1.807, 2.05) is 6.92 Å². The Labute approximate surface area is 84.1 Å². The highest BCUT2D eigenvalue weighted by atomic mass is 16.5. The summed E-state index contributed by atoms with van der Waals surface area (Å²) >= 11 is 0. The largest absolute Gasteiger partial charge is 0.340 e. The Bertz CT molecular complexity index is 304. The highest BCUT2D eigenvalue weighted by Gasteiger charge is 2.39. The topological polar surface area (TPSA) is 51.0 Å². The van der Waals surface area contributed by atoms with Gasteiger partial charge in [-0.15, -0.1) is 0 Å². The molecule has 2 rings (SSSR count). The van der Waals surface area contributed by atoms with Crippen LogP contribution in [0.5, 0.6) is 0 Å². The minimum Gasteiger partial charge on any atom is -0.340 e. The van der Waals surface area contributed by atoms with Crippen molar-refractivity contribution in [2.45, 2.75) is 39.7 Å². The zero-order chi connectivity index (χ0) is 10.0. The van der Waals surface area contributed by atoms with Gasteiger partial charge in [0, 0.05) is 13.5 Å². The predicted octanol–water partition coefficient (Wildman–Crippen LogP) is 1.66. The highest BCUT2D eigenvalue weighted by molar-refractivity contribution is 4.94. The van der Waals surface area contributed by atoms with Gasteiger partial charge in [-0.2, -0.15) is 4.98 Å². The van der Waals surface area contributed by atoms with Crippen LogP contribution in [-0.4, -0.2) is 16.7 Å². The third-order valence-electron chi connectivity index (χ3n) is 3.06. The molecule has 1 heterocycles. The third kappa shape index (κ3) is 2.12. The Balaban J connectivity index is 1.73. The molecule has 0 spiro atoms. The normalized spacial score (nSPS) is 18.4. The summed E-state index contributed by atoms with van der Waals surface area (Å²) in [5.74, 6) is 1.40. The van der Waals surface area contributed by atoms with Gasteiger partial charge in [0.2, 0.25) is 5.89 Å². The van der Waals surface area contributed by atoms with E-state index in [-0.39, 0.29) is 0 Å². The zero-order valence-electron chi connectivity index (χ0n) is 8.84. The number of hydrogen-bond donors (Lipinski definition) is 1. The minimum absolute atomic E-state index is 0.582. The highest BCUT2D eigenvalue weighted by Crippen LogP contribution is 2.47. The van der Waals surface area contributed by atoms with Crippen molar-refractivity contribution in [2.24, 2.45) is 5.41 Å². The first-order valence-electron chi connectivity index (χ1n) is 5.24. The number of hydrogen-bond acceptors (Lipinski definition) is 4. The maximum absolute atomic E-state index is 4.89. The molecule has 1 aromatic heterocycles. The van der Waals surface area contributed by atoms with Crippen LogP contribution in [0.2, 0.25) is 0 Å². The average molecular weight is 195 g/mol. The quantitative estimate of drug-likeness (QED) is 0.776. The molecule has 1 N–H and O–H groups in total. The van der Waals surface area contributed by atoms with E-state index in [0.29, 0.717) is 11.3 Å². The molecule has 0 unspecified atom stereocenters. The maximum atomic E-state index is 4.89. The smallest absolute Gasteiger partial charge is 0.223 e. The SMILES string of the molecule is CCC1(CNCc2noc(C)n2)CC1. The second-order valence-electron chi connectivity index (χ2n) is 4.19. The van der Waals surface area contributed by atoms with Crippen molar-refractivity contribution in [3.05, 3.63) is 11.7 Å². The number of aryl methyl sites for hydroxylation is 1. The van der Waals surface area contributed by atoms with Gasteiger partial charge in [-0.1, -0.05) is 12.1 Å². The van der Waals surface area contributed by atoms with Gasteiger partial charge in [0.25, 0.3) is 0 Å². The van der Waals surface area contributed by atoms with Crippen LogP contribution in [-0.2, 0) is 6.54 Å². The van der Waals surface area contributed by atoms with E-state index in [4.69, 9.17) is 4.52 Å². The summed E-state index contributed by atoms with van der Waals surface area (Å²) in [5, 5.41) is 7.22. The van der Waals surface area contributed by atoms with Gasteiger partial charge < -0.3 is 9.84 Å². The Kier molecular flexibility index (Phi) is 2.54. The van der Waals surface area contributed by atoms with Crippen molar-refractivity contribution in [1.29, 1.82) is 0 Å². The molecular formula is C10H17N3O. The molecule has 0 atom stereocenters. The molecule has 1 aliphatic carbocycles. The summed E-state index contributed by atoms with van der Waals surface area (Å²) in [5.41, 5.74) is 0.582. The predicted molar refractivity (Wildman–Crippen MR) is 52.7 cm³/mol. The Morgan fingerprint density at radius 2 is 2.29 bits per heavy atom. The molecule has 1 aromatic rings. The van der Waals surface area contributed by atoms with Crippen molar-refractivity contribution in [2.75, 3.05) is 6.54 Å². The second kappa shape index (κ2) is 3.69. The first-order valence-corrected chi connectivity index (χ1v) is 5.24. The zero-order valence-corrected chi connectivity index (χ0v) is 8.84. The van der Waals surface area contributed by atoms with Crippen molar-refractivity contribution in [1.82, 2.24) is 15.5 Å². The third-order valence-corrected chi connectivity index (χ3v) is 3.06. The lowest BCUT2D eigenvalue weighted by atomic mass is 10.0. The summed E-state index contributed by atoms with van der Waals surface area (Å²) in [6, 6.07) is 0. The van der Waals surface area contributed by atoms with E-state index in [9.17, 15) is 0 Å². The standard InChI is InChI=1S/C10H17N3O/c1-3-10(4-5-10)7-11-6-9-12-8(2)14-13-9/h11H,3-7H2,1-2H3. The monoisotopic (exact) mass is 195 g/mol. The molecule has 0 bridgehead atoms. The summed E-state index contributed by atoms with van der Waals surface area (Å²) < 4.78 is 4.89. The summed E-state index contributed by atoms with van der Waals surface area (Å²) in [7, 11) is 0. The second-order valence-corrected chi connectivity index (χ2v) is 4.19. The molecule has 1 saturated carbocycles. The van der Waals surface area contributed by atoms with Crippen molar-refractivity contribution < 1.29 is 4.52 Å². The van der Waals surface area contributed by atoms with Crippen LogP contribution in [0.4, 0.5) is 0 Å². The molecule has 0 aliphatic heterocycles. The van der Waals surface area contributed by atoms with Gasteiger partial charge >= 0.3 is 0 Å². The van der Waals surface area contributed by atoms with Gasteiger partial charge in [0.15, 0.2) is 5.82 Å². The van der Waals surface area contributed by atoms with Crippen LogP contribution in [0.15, 0.2) is 4.52 Å². The van der Waals surface area contributed by atoms with E-state index in [1.54, 1.807) is 0 Å². The lowest BCUT2D eigenvalue weighted by molar-refractivity contribution is 0.381. The fourth-order valence-corrected chi connectivity index (χ4v) is 1.68. The van der Waals surface area contributed by atoms with Gasteiger partial charge in [0.1, 0.15) is 0 Å². The molecule has 4 heteroatoms. The van der Waals surface area contributed by atoms with E-state index in [1.165, 1.54) is 19.3 Å². The van der Waals surface area contributed by atoms with E-state index in [0.717, 1.165) is 18.9 Å². The first-order chi connectivity index (χ1) is 6.74. The fourth-order valence-electron chi connectivity index (χ4n) is 1.68. The van der Waals surface area contributed by atoms with Gasteiger partial charge in [-0.05, 0) is 24.7 Å². The molecule has 14 heavy (non-hydrogen) atoms. The van der Waals surface area contributed by atoms with Gasteiger partial charge in [0.05, 0.1) is 6.54 Å². The van der Waals surface area contributed by atoms with Crippen molar-refractivity contribution >= 4 is 0 Å². The van der Waals surface area contributed by atoms with Crippen molar-refractivity contribution in [3.63, 3.8) is 0 Å². The van der Waals surface area contributed by atoms with Crippen LogP contribution in [0.3, 0.4) is 0 Å². The Morgan fingerprint density at radius 3 is 2.79 bits per heavy atom. The Hall–Kier alpha value is -0.900. The minimum atomic E-state index is 0.582. The van der Waals surface area contributed by atoms with E-state index in [2.05, 4.69) is 22.4 Å². The molecule has 0 saturated heterocycles. The number of rotatable bonds is 5. The summed E-state index contributed by atoms with van der Waals surface area (Å²) in [6.45, 7) is 5.87. The molecule has 1 fully saturated rings. The van der Waals surface area contributed by atoms with Crippen LogP contribution < -0.4 is 5.32 Å². The van der Waals surface area contributed by atoms with Crippen LogP contribution in [0, 0.1) is 12.3 Å². The molecular weight excluding hydrogens is 178 g/mol. The molecule has 4 nitrogen and oxygen atoms in total. The van der Waals surface area contributed by atoms with E-state index >= 15 is 0 Å². The molecule has 0 amide bonds. The van der Waals surface area contributed by atoms with E-state index < -0.39 is 0 Å². The van der Waals surface area contributed by atoms with Crippen LogP contribution in [0.1, 0.15) is 37.9 Å². The molecule has 78 valence electrons. The Morgan fingerprint density at radius 1 is 1.50 bits per heavy atom. The first kappa shape index (κ1) is 9.65. The summed E-state index contributed by atoms with van der Waals surface area (Å²) in [4.78, 5) is 4.14. The van der Waals surface area contributed by atoms with Gasteiger partial charge in [-0.25, -0.2) is 0 Å². The van der Waals surface area contributed by atoms with Crippen molar-refractivity contribution in [3.8, 4) is 0 Å². The maximum Gasteiger partial charge on any atom is 0.223 e. The number of nitrogens with one attached hydrogen (secondary N) is 1. The average Bonchev–Trinajstić information content (AvgIpc) is 2.84. The molecule has 0 aromatic carbocycles. The number of aromatic nitrogens is 2. The fraction of sp³-hybridized carbons (Fsp3) is 0.800. The van der Waals surface area contributed by atoms with Gasteiger partial charge in [-0.3, -0.25) is 0 Å². The van der Waals surface area contributed by atoms with Crippen LogP contribution in [0.25, 0.3) is 0 Å². The molecule has 1 aliphatic rings. The number of nitrogens with zero attached hydrogens (tertiary/aromatic N) is 2. The van der Waals surface area contributed by atoms with Crippen LogP contribution >= 0.6 is 0 Å². The summed E-state index contributed by atoms with van der Waals surface area (Å²) in [6.07, 6.45) is 3.99. The lowest BCUT2D eigenvalue weighted by Gasteiger charge is -2.11. The lowest BCUT2D eigenvalue weighted by Crippen LogP contribution is -2.23.